The van der Waals surface area contributed by atoms with Crippen molar-refractivity contribution in [3.8, 4) is 0 Å². The van der Waals surface area contributed by atoms with Gasteiger partial charge in [-0.3, -0.25) is 4.99 Å². The molecule has 25 heavy (non-hydrogen) atoms. The van der Waals surface area contributed by atoms with Crippen molar-refractivity contribution in [2.24, 2.45) is 4.99 Å². The van der Waals surface area contributed by atoms with E-state index in [1.54, 1.807) is 0 Å². The zero-order chi connectivity index (χ0) is 18.4. The zero-order valence-corrected chi connectivity index (χ0v) is 15.9. The van der Waals surface area contributed by atoms with Crippen LogP contribution in [0.25, 0.3) is 0 Å². The lowest BCUT2D eigenvalue weighted by atomic mass is 9.85. The minimum atomic E-state index is 0.614. The number of hydrogen-bond acceptors (Lipinski definition) is 3. The van der Waals surface area contributed by atoms with Crippen molar-refractivity contribution in [3.05, 3.63) is 46.1 Å². The fourth-order valence-corrected chi connectivity index (χ4v) is 3.33. The highest BCUT2D eigenvalue weighted by atomic mass is 15.0. The van der Waals surface area contributed by atoms with Crippen LogP contribution in [0.15, 0.2) is 45.5 Å². The van der Waals surface area contributed by atoms with E-state index in [1.165, 1.54) is 47.8 Å². The number of aliphatic imine (C=N–C) groups is 1. The smallest absolute Gasteiger partial charge is 0.132 e. The van der Waals surface area contributed by atoms with Gasteiger partial charge in [-0.05, 0) is 77.2 Å². The first-order valence-corrected chi connectivity index (χ1v) is 9.06. The molecule has 1 aliphatic rings. The van der Waals surface area contributed by atoms with Gasteiger partial charge in [0, 0.05) is 35.3 Å². The largest absolute Gasteiger partial charge is 0.398 e. The Morgan fingerprint density at radius 3 is 2.60 bits per heavy atom. The minimum absolute atomic E-state index is 0.614. The van der Waals surface area contributed by atoms with E-state index in [2.05, 4.69) is 33.0 Å². The van der Waals surface area contributed by atoms with E-state index in [-0.39, 0.29) is 0 Å². The summed E-state index contributed by atoms with van der Waals surface area (Å²) in [6, 6.07) is 5.68. The molecule has 0 saturated carbocycles. The minimum Gasteiger partial charge on any atom is -0.398 e. The van der Waals surface area contributed by atoms with Gasteiger partial charge < -0.3 is 16.5 Å². The molecule has 1 aromatic carbocycles. The summed E-state index contributed by atoms with van der Waals surface area (Å²) in [4.78, 5) is 4.75. The van der Waals surface area contributed by atoms with Gasteiger partial charge in [0.05, 0.1) is 0 Å². The predicted octanol–water partition coefficient (Wildman–Crippen LogP) is 5.32. The number of nitrogens with zero attached hydrogens (tertiary/aromatic N) is 1. The third kappa shape index (κ3) is 4.59. The Morgan fingerprint density at radius 1 is 1.28 bits per heavy atom. The molecule has 0 aliphatic heterocycles. The van der Waals surface area contributed by atoms with E-state index < -0.39 is 0 Å². The van der Waals surface area contributed by atoms with E-state index in [9.17, 15) is 0 Å². The molecule has 0 bridgehead atoms. The Bertz CT molecular complexity index is 734. The Balaban J connectivity index is 2.44. The summed E-state index contributed by atoms with van der Waals surface area (Å²) < 4.78 is 0. The molecule has 4 nitrogen and oxygen atoms in total. The van der Waals surface area contributed by atoms with Crippen LogP contribution in [0, 0.1) is 5.41 Å². The number of allylic oxidation sites excluding steroid dienone is 2. The maximum Gasteiger partial charge on any atom is 0.132 e. The number of hydrogen-bond donors (Lipinski definition) is 3. The monoisotopic (exact) mass is 338 g/mol. The summed E-state index contributed by atoms with van der Waals surface area (Å²) in [5, 5.41) is 11.0. The number of nitrogens with two attached hydrogens (primary N) is 1. The summed E-state index contributed by atoms with van der Waals surface area (Å²) in [7, 11) is 0. The molecule has 0 spiro atoms. The van der Waals surface area contributed by atoms with Crippen molar-refractivity contribution in [1.82, 2.24) is 0 Å². The number of benzene rings is 1. The molecule has 0 radical (unpaired) electrons. The summed E-state index contributed by atoms with van der Waals surface area (Å²) in [5.41, 5.74) is 13.6. The highest BCUT2D eigenvalue weighted by Gasteiger charge is 2.19. The number of nitrogen functional groups attached to an aromatic ring is 1. The number of rotatable bonds is 5. The Morgan fingerprint density at radius 2 is 2.00 bits per heavy atom. The second-order valence-corrected chi connectivity index (χ2v) is 6.78. The Kier molecular flexibility index (Phi) is 6.57. The molecule has 0 atom stereocenters. The van der Waals surface area contributed by atoms with Crippen LogP contribution in [-0.4, -0.2) is 18.6 Å². The maximum atomic E-state index is 7.50. The van der Waals surface area contributed by atoms with Crippen molar-refractivity contribution in [2.75, 3.05) is 17.6 Å². The molecule has 0 heterocycles. The summed E-state index contributed by atoms with van der Waals surface area (Å²) in [6.45, 7) is 9.33. The molecule has 1 aromatic rings. The standard InChI is InChI=1S/C21H30N4/c1-5-24-21(25-17-10-11-19(23)16(12-17)13-22)20(14(2)3)18-9-7-6-8-15(18)4/h10-13,22H,5-9,23H2,1-4H3,(H,24,25). The molecule has 0 saturated heterocycles. The van der Waals surface area contributed by atoms with Crippen molar-refractivity contribution in [1.29, 1.82) is 5.41 Å². The number of nitrogens with one attached hydrogen (secondary N) is 2. The number of amidine groups is 1. The van der Waals surface area contributed by atoms with Gasteiger partial charge in [0.2, 0.25) is 0 Å². The van der Waals surface area contributed by atoms with E-state index in [0.29, 0.717) is 11.3 Å². The lowest BCUT2D eigenvalue weighted by Gasteiger charge is -2.24. The molecule has 134 valence electrons. The maximum absolute atomic E-state index is 7.50. The van der Waals surface area contributed by atoms with Gasteiger partial charge in [0.15, 0.2) is 0 Å². The second-order valence-electron chi connectivity index (χ2n) is 6.78. The second kappa shape index (κ2) is 8.65. The molecule has 0 fully saturated rings. The average Bonchev–Trinajstić information content (AvgIpc) is 2.58. The van der Waals surface area contributed by atoms with Gasteiger partial charge in [-0.2, -0.15) is 0 Å². The van der Waals surface area contributed by atoms with E-state index in [1.807, 2.05) is 18.2 Å². The highest BCUT2D eigenvalue weighted by molar-refractivity contribution is 6.11. The van der Waals surface area contributed by atoms with Crippen molar-refractivity contribution in [3.63, 3.8) is 0 Å². The van der Waals surface area contributed by atoms with Gasteiger partial charge in [-0.1, -0.05) is 11.1 Å². The van der Waals surface area contributed by atoms with Gasteiger partial charge in [0.25, 0.3) is 0 Å². The highest BCUT2D eigenvalue weighted by Crippen LogP contribution is 2.32. The predicted molar refractivity (Wildman–Crippen MR) is 110 cm³/mol. The summed E-state index contributed by atoms with van der Waals surface area (Å²) >= 11 is 0. The van der Waals surface area contributed by atoms with E-state index in [4.69, 9.17) is 16.1 Å². The molecular weight excluding hydrogens is 308 g/mol. The molecule has 0 amide bonds. The fourth-order valence-electron chi connectivity index (χ4n) is 3.33. The van der Waals surface area contributed by atoms with Gasteiger partial charge in [-0.15, -0.1) is 0 Å². The molecule has 2 rings (SSSR count). The third-order valence-electron chi connectivity index (χ3n) is 4.60. The van der Waals surface area contributed by atoms with Crippen LogP contribution in [0.4, 0.5) is 11.4 Å². The molecule has 4 heteroatoms. The quantitative estimate of drug-likeness (QED) is 0.386. The summed E-state index contributed by atoms with van der Waals surface area (Å²) in [6.07, 6.45) is 6.09. The van der Waals surface area contributed by atoms with E-state index >= 15 is 0 Å². The zero-order valence-electron chi connectivity index (χ0n) is 15.9. The molecule has 4 N–H and O–H groups in total. The van der Waals surface area contributed by atoms with Crippen LogP contribution in [0.1, 0.15) is 58.9 Å². The lowest BCUT2D eigenvalue weighted by Crippen LogP contribution is -2.20. The molecule has 0 unspecified atom stereocenters. The van der Waals surface area contributed by atoms with Crippen LogP contribution in [0.3, 0.4) is 0 Å². The lowest BCUT2D eigenvalue weighted by molar-refractivity contribution is 0.679. The van der Waals surface area contributed by atoms with Crippen LogP contribution >= 0.6 is 0 Å². The van der Waals surface area contributed by atoms with Gasteiger partial charge in [0.1, 0.15) is 5.84 Å². The first-order chi connectivity index (χ1) is 12.0. The topological polar surface area (TPSA) is 74.3 Å². The number of anilines is 2. The average molecular weight is 338 g/mol. The first-order valence-electron chi connectivity index (χ1n) is 9.06. The van der Waals surface area contributed by atoms with Gasteiger partial charge >= 0.3 is 0 Å². The van der Waals surface area contributed by atoms with Crippen LogP contribution in [0.2, 0.25) is 0 Å². The van der Waals surface area contributed by atoms with Gasteiger partial charge in [-0.25, -0.2) is 0 Å². The van der Waals surface area contributed by atoms with E-state index in [0.717, 1.165) is 24.5 Å². The van der Waals surface area contributed by atoms with Crippen LogP contribution < -0.4 is 11.1 Å². The van der Waals surface area contributed by atoms with Crippen molar-refractivity contribution >= 4 is 23.4 Å². The SMILES string of the molecule is CCN=C(Nc1ccc(N)c(C=N)c1)C(=C(C)C)C1=C(C)CCCC1. The van der Waals surface area contributed by atoms with Crippen molar-refractivity contribution in [2.45, 2.75) is 53.4 Å². The normalized spacial score (nSPS) is 15.1. The Hall–Kier alpha value is -2.36. The third-order valence-corrected chi connectivity index (χ3v) is 4.60. The molecule has 0 aromatic heterocycles. The Labute approximate surface area is 151 Å². The fraction of sp³-hybridized carbons (Fsp3) is 0.429. The summed E-state index contributed by atoms with van der Waals surface area (Å²) in [5.74, 6) is 0.916. The molecular formula is C21H30N4. The van der Waals surface area contributed by atoms with Crippen LogP contribution in [-0.2, 0) is 0 Å². The van der Waals surface area contributed by atoms with Crippen LogP contribution in [0.5, 0.6) is 0 Å². The first kappa shape index (κ1) is 19.0. The molecule has 1 aliphatic carbocycles. The van der Waals surface area contributed by atoms with Crippen molar-refractivity contribution < 1.29 is 0 Å².